The van der Waals surface area contributed by atoms with Crippen molar-refractivity contribution in [2.24, 2.45) is 0 Å². The molecule has 0 saturated heterocycles. The highest BCUT2D eigenvalue weighted by Gasteiger charge is 2.11. The van der Waals surface area contributed by atoms with Gasteiger partial charge in [-0.05, 0) is 41.2 Å². The van der Waals surface area contributed by atoms with Gasteiger partial charge in [0.1, 0.15) is 5.76 Å². The molecule has 0 aliphatic rings. The van der Waals surface area contributed by atoms with Gasteiger partial charge in [-0.3, -0.25) is 0 Å². The molecule has 1 N–H and O–H groups in total. The zero-order chi connectivity index (χ0) is 11.5. The van der Waals surface area contributed by atoms with Crippen LogP contribution in [0.15, 0.2) is 26.5 Å². The lowest BCUT2D eigenvalue weighted by Gasteiger charge is -2.09. The van der Waals surface area contributed by atoms with Crippen LogP contribution in [0.2, 0.25) is 0 Å². The molecule has 0 aliphatic heterocycles. The van der Waals surface area contributed by atoms with E-state index in [1.165, 1.54) is 4.88 Å². The summed E-state index contributed by atoms with van der Waals surface area (Å²) in [6.45, 7) is 4.77. The van der Waals surface area contributed by atoms with Gasteiger partial charge in [-0.25, -0.2) is 4.98 Å². The summed E-state index contributed by atoms with van der Waals surface area (Å²) in [4.78, 5) is 5.49. The highest BCUT2D eigenvalue weighted by atomic mass is 79.9. The maximum absolute atomic E-state index is 5.46. The molecule has 2 rings (SSSR count). The van der Waals surface area contributed by atoms with Gasteiger partial charge < -0.3 is 9.73 Å². The molecule has 1 unspecified atom stereocenters. The van der Waals surface area contributed by atoms with Crippen molar-refractivity contribution in [3.05, 3.63) is 38.6 Å². The third kappa shape index (κ3) is 2.72. The molecule has 2 heterocycles. The minimum Gasteiger partial charge on any atom is -0.444 e. The number of aromatic nitrogens is 1. The topological polar surface area (TPSA) is 38.1 Å². The number of nitrogens with zero attached hydrogens (tertiary/aromatic N) is 1. The van der Waals surface area contributed by atoms with Crippen LogP contribution in [0.5, 0.6) is 0 Å². The van der Waals surface area contributed by atoms with Crippen LogP contribution >= 0.6 is 27.3 Å². The normalized spacial score (nSPS) is 12.9. The fraction of sp³-hybridized carbons (Fsp3) is 0.364. The van der Waals surface area contributed by atoms with Crippen molar-refractivity contribution in [1.29, 1.82) is 0 Å². The van der Waals surface area contributed by atoms with Gasteiger partial charge in [0.15, 0.2) is 0 Å². The van der Waals surface area contributed by atoms with Crippen LogP contribution in [0, 0.1) is 6.92 Å². The number of rotatable bonds is 4. The van der Waals surface area contributed by atoms with Gasteiger partial charge in [-0.2, -0.15) is 0 Å². The second-order valence-corrected chi connectivity index (χ2v) is 5.46. The molecule has 1 atom stereocenters. The van der Waals surface area contributed by atoms with E-state index in [2.05, 4.69) is 37.7 Å². The molecule has 2 aromatic rings. The Labute approximate surface area is 107 Å². The van der Waals surface area contributed by atoms with E-state index in [9.17, 15) is 0 Å². The number of halogens is 1. The summed E-state index contributed by atoms with van der Waals surface area (Å²) in [5, 5.41) is 5.45. The highest BCUT2D eigenvalue weighted by molar-refractivity contribution is 9.10. The van der Waals surface area contributed by atoms with Crippen LogP contribution in [0.3, 0.4) is 0 Å². The molecular formula is C11H13BrN2OS. The first-order valence-electron chi connectivity index (χ1n) is 5.04. The van der Waals surface area contributed by atoms with E-state index >= 15 is 0 Å². The maximum atomic E-state index is 5.46. The third-order valence-corrected chi connectivity index (χ3v) is 4.20. The smallest absolute Gasteiger partial charge is 0.211 e. The molecule has 3 nitrogen and oxygen atoms in total. The lowest BCUT2D eigenvalue weighted by atomic mass is 10.3. The fourth-order valence-corrected chi connectivity index (χ4v) is 2.80. The van der Waals surface area contributed by atoms with Gasteiger partial charge in [-0.1, -0.05) is 0 Å². The first-order chi connectivity index (χ1) is 7.66. The number of aryl methyl sites for hydroxylation is 1. The molecule has 0 spiro atoms. The van der Waals surface area contributed by atoms with Crippen LogP contribution < -0.4 is 5.32 Å². The second kappa shape index (κ2) is 5.12. The number of nitrogens with one attached hydrogen (secondary N) is 1. The molecule has 0 saturated carbocycles. The largest absolute Gasteiger partial charge is 0.444 e. The highest BCUT2D eigenvalue weighted by Crippen LogP contribution is 2.23. The van der Waals surface area contributed by atoms with Crippen molar-refractivity contribution in [2.75, 3.05) is 0 Å². The lowest BCUT2D eigenvalue weighted by molar-refractivity contribution is 0.403. The van der Waals surface area contributed by atoms with Crippen molar-refractivity contribution >= 4 is 27.3 Å². The average molecular weight is 301 g/mol. The van der Waals surface area contributed by atoms with Gasteiger partial charge in [0, 0.05) is 15.9 Å². The number of oxazole rings is 1. The standard InChI is InChI=1S/C11H13BrN2OS/c1-7-5-14-11(15-7)8(2)13-6-10-9(12)3-4-16-10/h3-5,8,13H,6H2,1-2H3. The van der Waals surface area contributed by atoms with E-state index < -0.39 is 0 Å². The molecule has 0 aromatic carbocycles. The summed E-state index contributed by atoms with van der Waals surface area (Å²) in [5.74, 6) is 1.59. The van der Waals surface area contributed by atoms with Crippen molar-refractivity contribution in [3.8, 4) is 0 Å². The van der Waals surface area contributed by atoms with Crippen molar-refractivity contribution in [1.82, 2.24) is 10.3 Å². The molecule has 0 fully saturated rings. The first-order valence-corrected chi connectivity index (χ1v) is 6.71. The molecule has 0 bridgehead atoms. The quantitative estimate of drug-likeness (QED) is 0.936. The van der Waals surface area contributed by atoms with E-state index in [0.717, 1.165) is 22.7 Å². The monoisotopic (exact) mass is 300 g/mol. The molecule has 16 heavy (non-hydrogen) atoms. The van der Waals surface area contributed by atoms with E-state index in [1.807, 2.05) is 13.8 Å². The maximum Gasteiger partial charge on any atom is 0.211 e. The molecule has 0 amide bonds. The number of hydrogen-bond donors (Lipinski definition) is 1. The molecular weight excluding hydrogens is 288 g/mol. The SMILES string of the molecule is Cc1cnc(C(C)NCc2sccc2Br)o1. The molecule has 86 valence electrons. The van der Waals surface area contributed by atoms with Crippen LogP contribution in [-0.4, -0.2) is 4.98 Å². The Morgan fingerprint density at radius 1 is 1.62 bits per heavy atom. The minimum atomic E-state index is 0.127. The van der Waals surface area contributed by atoms with Crippen LogP contribution in [0.25, 0.3) is 0 Å². The van der Waals surface area contributed by atoms with E-state index in [0.29, 0.717) is 0 Å². The number of hydrogen-bond acceptors (Lipinski definition) is 4. The van der Waals surface area contributed by atoms with E-state index in [-0.39, 0.29) is 6.04 Å². The van der Waals surface area contributed by atoms with E-state index in [4.69, 9.17) is 4.42 Å². The Bertz CT molecular complexity index is 466. The summed E-state index contributed by atoms with van der Waals surface area (Å²) < 4.78 is 6.62. The predicted molar refractivity (Wildman–Crippen MR) is 68.5 cm³/mol. The Hall–Kier alpha value is -0.650. The van der Waals surface area contributed by atoms with Crippen molar-refractivity contribution in [3.63, 3.8) is 0 Å². The zero-order valence-electron chi connectivity index (χ0n) is 9.16. The molecule has 0 aliphatic carbocycles. The van der Waals surface area contributed by atoms with E-state index in [1.54, 1.807) is 17.5 Å². The number of thiophene rings is 1. The fourth-order valence-electron chi connectivity index (χ4n) is 1.36. The summed E-state index contributed by atoms with van der Waals surface area (Å²) in [7, 11) is 0. The van der Waals surface area contributed by atoms with Gasteiger partial charge in [0.25, 0.3) is 0 Å². The van der Waals surface area contributed by atoms with Crippen LogP contribution in [0.1, 0.15) is 29.5 Å². The van der Waals surface area contributed by atoms with Gasteiger partial charge in [-0.15, -0.1) is 11.3 Å². The Balaban J connectivity index is 1.93. The average Bonchev–Trinajstić information content (AvgIpc) is 2.84. The molecule has 0 radical (unpaired) electrons. The Kier molecular flexibility index (Phi) is 3.78. The molecule has 5 heteroatoms. The summed E-state index contributed by atoms with van der Waals surface area (Å²) in [6.07, 6.45) is 1.74. The Morgan fingerprint density at radius 3 is 3.00 bits per heavy atom. The summed E-state index contributed by atoms with van der Waals surface area (Å²) in [6, 6.07) is 2.18. The molecule has 2 aromatic heterocycles. The van der Waals surface area contributed by atoms with Gasteiger partial charge in [0.2, 0.25) is 5.89 Å². The summed E-state index contributed by atoms with van der Waals surface area (Å²) in [5.41, 5.74) is 0. The lowest BCUT2D eigenvalue weighted by Crippen LogP contribution is -2.17. The zero-order valence-corrected chi connectivity index (χ0v) is 11.6. The van der Waals surface area contributed by atoms with Gasteiger partial charge >= 0.3 is 0 Å². The second-order valence-electron chi connectivity index (χ2n) is 3.60. The minimum absolute atomic E-state index is 0.127. The first kappa shape index (κ1) is 11.8. The van der Waals surface area contributed by atoms with Crippen LogP contribution in [0.4, 0.5) is 0 Å². The van der Waals surface area contributed by atoms with Crippen molar-refractivity contribution in [2.45, 2.75) is 26.4 Å². The Morgan fingerprint density at radius 2 is 2.44 bits per heavy atom. The third-order valence-electron chi connectivity index (χ3n) is 2.27. The van der Waals surface area contributed by atoms with Crippen molar-refractivity contribution < 1.29 is 4.42 Å². The predicted octanol–water partition coefficient (Wildman–Crippen LogP) is 3.66. The summed E-state index contributed by atoms with van der Waals surface area (Å²) >= 11 is 5.24. The van der Waals surface area contributed by atoms with Crippen LogP contribution in [-0.2, 0) is 6.54 Å². The van der Waals surface area contributed by atoms with Gasteiger partial charge in [0.05, 0.1) is 12.2 Å².